The Hall–Kier alpha value is -2.83. The van der Waals surface area contributed by atoms with Gasteiger partial charge in [-0.2, -0.15) is 0 Å². The van der Waals surface area contributed by atoms with Gasteiger partial charge in [0.05, 0.1) is 11.3 Å². The Kier molecular flexibility index (Phi) is 5.78. The Morgan fingerprint density at radius 2 is 1.85 bits per heavy atom. The molecule has 0 fully saturated rings. The van der Waals surface area contributed by atoms with Crippen molar-refractivity contribution in [3.05, 3.63) is 87.4 Å². The lowest BCUT2D eigenvalue weighted by atomic mass is 10.2. The van der Waals surface area contributed by atoms with Crippen LogP contribution in [-0.2, 0) is 4.79 Å². The van der Waals surface area contributed by atoms with Crippen molar-refractivity contribution in [2.45, 2.75) is 0 Å². The van der Waals surface area contributed by atoms with Crippen LogP contribution < -0.4 is 5.32 Å². The smallest absolute Gasteiger partial charge is 0.258 e. The zero-order chi connectivity index (χ0) is 19.4. The average molecular weight is 404 g/mol. The molecule has 0 aliphatic heterocycles. The summed E-state index contributed by atoms with van der Waals surface area (Å²) in [6.07, 6.45) is 1.92. The Morgan fingerprint density at radius 3 is 2.56 bits per heavy atom. The lowest BCUT2D eigenvalue weighted by Crippen LogP contribution is -2.24. The molecule has 1 N–H and O–H groups in total. The van der Waals surface area contributed by atoms with E-state index in [1.807, 2.05) is 24.3 Å². The first kappa shape index (κ1) is 18.9. The highest BCUT2D eigenvalue weighted by Crippen LogP contribution is 2.33. The molecule has 7 heteroatoms. The molecule has 1 aromatic heterocycles. The van der Waals surface area contributed by atoms with Crippen LogP contribution in [-0.4, -0.2) is 12.2 Å². The third-order valence-electron chi connectivity index (χ3n) is 3.62. The summed E-state index contributed by atoms with van der Waals surface area (Å²) in [7, 11) is 0. The lowest BCUT2D eigenvalue weighted by Gasteiger charge is -2.05. The Bertz CT molecular complexity index is 1050. The molecule has 27 heavy (non-hydrogen) atoms. The highest BCUT2D eigenvalue weighted by atomic mass is 35.5. The molecule has 0 radical (unpaired) electrons. The molecule has 0 unspecified atom stereocenters. The first-order valence-electron chi connectivity index (χ1n) is 7.76. The fraction of sp³-hybridized carbons (Fsp3) is 0. The first-order chi connectivity index (χ1) is 13.0. The van der Waals surface area contributed by atoms with E-state index in [1.54, 1.807) is 12.1 Å². The number of rotatable bonds is 5. The number of nitrogens with one attached hydrogen (secondary N) is 1. The molecule has 0 saturated carbocycles. The predicted octanol–water partition coefficient (Wildman–Crippen LogP) is 5.32. The maximum absolute atomic E-state index is 13.7. The molecule has 0 spiro atoms. The van der Waals surface area contributed by atoms with E-state index in [0.717, 1.165) is 22.6 Å². The maximum atomic E-state index is 13.7. The van der Waals surface area contributed by atoms with Crippen molar-refractivity contribution in [1.82, 2.24) is 5.32 Å². The Balaban J connectivity index is 1.82. The van der Waals surface area contributed by atoms with Gasteiger partial charge in [-0.3, -0.25) is 9.59 Å². The van der Waals surface area contributed by atoms with Gasteiger partial charge in [0.1, 0.15) is 11.6 Å². The topological polar surface area (TPSA) is 46.2 Å². The fourth-order valence-corrected chi connectivity index (χ4v) is 3.65. The molecule has 0 aliphatic carbocycles. The second-order valence-corrected chi connectivity index (χ2v) is 7.00. The van der Waals surface area contributed by atoms with E-state index in [9.17, 15) is 18.4 Å². The van der Waals surface area contributed by atoms with Gasteiger partial charge in [-0.1, -0.05) is 29.8 Å². The van der Waals surface area contributed by atoms with Crippen molar-refractivity contribution in [3.63, 3.8) is 0 Å². The van der Waals surface area contributed by atoms with E-state index < -0.39 is 17.5 Å². The molecule has 3 aromatic rings. The monoisotopic (exact) mass is 403 g/mol. The molecule has 1 amide bonds. The first-order valence-corrected chi connectivity index (χ1v) is 8.95. The van der Waals surface area contributed by atoms with Gasteiger partial charge in [0, 0.05) is 26.4 Å². The Labute approximate surface area is 162 Å². The number of hydrogen-bond acceptors (Lipinski definition) is 3. The summed E-state index contributed by atoms with van der Waals surface area (Å²) in [4.78, 5) is 25.0. The standard InChI is InChI=1S/C20H12ClF2NO2S/c21-17-4-2-1-3-15(17)19-8-6-14(27-19)10-13(11-25)24-20(26)16-7-5-12(22)9-18(16)23/h1-11H,(H,24,26)/b13-10-. The van der Waals surface area contributed by atoms with Crippen LogP contribution in [0.4, 0.5) is 8.78 Å². The number of halogens is 3. The lowest BCUT2D eigenvalue weighted by molar-refractivity contribution is -0.105. The van der Waals surface area contributed by atoms with Crippen molar-refractivity contribution in [2.75, 3.05) is 0 Å². The van der Waals surface area contributed by atoms with Crippen molar-refractivity contribution >= 4 is 41.2 Å². The van der Waals surface area contributed by atoms with Crippen molar-refractivity contribution in [1.29, 1.82) is 0 Å². The summed E-state index contributed by atoms with van der Waals surface area (Å²) < 4.78 is 26.6. The number of hydrogen-bond donors (Lipinski definition) is 1. The minimum Gasteiger partial charge on any atom is -0.319 e. The summed E-state index contributed by atoms with van der Waals surface area (Å²) in [5.41, 5.74) is 0.456. The van der Waals surface area contributed by atoms with Gasteiger partial charge in [-0.15, -0.1) is 11.3 Å². The molecule has 3 nitrogen and oxygen atoms in total. The van der Waals surface area contributed by atoms with E-state index in [2.05, 4.69) is 5.32 Å². The van der Waals surface area contributed by atoms with E-state index in [4.69, 9.17) is 11.6 Å². The summed E-state index contributed by atoms with van der Waals surface area (Å²) in [6, 6.07) is 13.6. The van der Waals surface area contributed by atoms with Gasteiger partial charge in [0.25, 0.3) is 5.91 Å². The zero-order valence-corrected chi connectivity index (χ0v) is 15.3. The molecule has 0 aliphatic rings. The highest BCUT2D eigenvalue weighted by Gasteiger charge is 2.14. The van der Waals surface area contributed by atoms with Gasteiger partial charge >= 0.3 is 0 Å². The molecule has 0 atom stereocenters. The third-order valence-corrected chi connectivity index (χ3v) is 5.02. The number of carbonyl (C=O) groups is 2. The largest absolute Gasteiger partial charge is 0.319 e. The highest BCUT2D eigenvalue weighted by molar-refractivity contribution is 7.16. The van der Waals surface area contributed by atoms with Gasteiger partial charge in [0.15, 0.2) is 6.29 Å². The van der Waals surface area contributed by atoms with Crippen LogP contribution in [0, 0.1) is 11.6 Å². The van der Waals surface area contributed by atoms with Gasteiger partial charge in [-0.25, -0.2) is 8.78 Å². The van der Waals surface area contributed by atoms with Gasteiger partial charge in [-0.05, 0) is 36.4 Å². The normalized spacial score (nSPS) is 11.3. The van der Waals surface area contributed by atoms with Crippen molar-refractivity contribution in [2.24, 2.45) is 0 Å². The van der Waals surface area contributed by atoms with E-state index >= 15 is 0 Å². The summed E-state index contributed by atoms with van der Waals surface area (Å²) in [5, 5.41) is 2.93. The minimum atomic E-state index is -1.00. The number of thiophene rings is 1. The fourth-order valence-electron chi connectivity index (χ4n) is 2.36. The number of aldehydes is 1. The third kappa shape index (κ3) is 4.48. The molecule has 2 aromatic carbocycles. The number of benzene rings is 2. The summed E-state index contributed by atoms with van der Waals surface area (Å²) >= 11 is 7.56. The SMILES string of the molecule is O=C/C(=C/c1ccc(-c2ccccc2Cl)s1)NC(=O)c1ccc(F)cc1F. The average Bonchev–Trinajstić information content (AvgIpc) is 3.09. The molecule has 1 heterocycles. The van der Waals surface area contributed by atoms with Crippen LogP contribution in [0.3, 0.4) is 0 Å². The molecule has 0 saturated heterocycles. The van der Waals surface area contributed by atoms with E-state index in [0.29, 0.717) is 22.3 Å². The van der Waals surface area contributed by atoms with Crippen molar-refractivity contribution < 1.29 is 18.4 Å². The zero-order valence-electron chi connectivity index (χ0n) is 13.7. The van der Waals surface area contributed by atoms with Crippen LogP contribution in [0.25, 0.3) is 16.5 Å². The second kappa shape index (κ2) is 8.24. The predicted molar refractivity (Wildman–Crippen MR) is 103 cm³/mol. The molecular formula is C20H12ClF2NO2S. The van der Waals surface area contributed by atoms with Crippen LogP contribution >= 0.6 is 22.9 Å². The molecular weight excluding hydrogens is 392 g/mol. The quantitative estimate of drug-likeness (QED) is 0.463. The maximum Gasteiger partial charge on any atom is 0.258 e. The van der Waals surface area contributed by atoms with Crippen molar-refractivity contribution in [3.8, 4) is 10.4 Å². The van der Waals surface area contributed by atoms with Crippen LogP contribution in [0.2, 0.25) is 5.02 Å². The summed E-state index contributed by atoms with van der Waals surface area (Å²) in [5.74, 6) is -2.63. The summed E-state index contributed by atoms with van der Waals surface area (Å²) in [6.45, 7) is 0. The number of amides is 1. The number of carbonyl (C=O) groups excluding carboxylic acids is 2. The van der Waals surface area contributed by atoms with Crippen LogP contribution in [0.5, 0.6) is 0 Å². The van der Waals surface area contributed by atoms with E-state index in [-0.39, 0.29) is 11.3 Å². The molecule has 136 valence electrons. The van der Waals surface area contributed by atoms with Crippen LogP contribution in [0.1, 0.15) is 15.2 Å². The molecule has 3 rings (SSSR count). The van der Waals surface area contributed by atoms with Gasteiger partial charge in [0.2, 0.25) is 0 Å². The second-order valence-electron chi connectivity index (χ2n) is 5.48. The van der Waals surface area contributed by atoms with Crippen LogP contribution in [0.15, 0.2) is 60.3 Å². The Morgan fingerprint density at radius 1 is 1.07 bits per heavy atom. The minimum absolute atomic E-state index is 0.0451. The molecule has 0 bridgehead atoms. The number of allylic oxidation sites excluding steroid dienone is 1. The van der Waals surface area contributed by atoms with E-state index in [1.165, 1.54) is 17.4 Å². The van der Waals surface area contributed by atoms with Gasteiger partial charge < -0.3 is 5.32 Å².